The average molecular weight is 522 g/mol. The summed E-state index contributed by atoms with van der Waals surface area (Å²) in [5.41, 5.74) is 1.62. The molecule has 1 saturated heterocycles. The predicted octanol–water partition coefficient (Wildman–Crippen LogP) is 3.03. The van der Waals surface area contributed by atoms with E-state index in [0.29, 0.717) is 87.4 Å². The minimum atomic E-state index is -0.0657. The van der Waals surface area contributed by atoms with Gasteiger partial charge in [0.05, 0.1) is 26.3 Å². The van der Waals surface area contributed by atoms with Crippen molar-refractivity contribution in [2.45, 2.75) is 32.9 Å². The molecule has 0 atom stereocenters. The maximum Gasteiger partial charge on any atom is 0.257 e. The molecule has 10 heteroatoms. The zero-order valence-corrected chi connectivity index (χ0v) is 22.3. The van der Waals surface area contributed by atoms with Gasteiger partial charge in [-0.2, -0.15) is 4.98 Å². The Hall–Kier alpha value is -3.92. The number of hydrogen-bond donors (Lipinski definition) is 0. The van der Waals surface area contributed by atoms with Crippen molar-refractivity contribution in [1.82, 2.24) is 24.8 Å². The van der Waals surface area contributed by atoms with Crippen LogP contribution in [0.15, 0.2) is 53.1 Å². The molecular weight excluding hydrogens is 486 g/mol. The van der Waals surface area contributed by atoms with Gasteiger partial charge in [0, 0.05) is 58.2 Å². The zero-order chi connectivity index (χ0) is 26.9. The third-order valence-corrected chi connectivity index (χ3v) is 6.68. The molecule has 2 heterocycles. The summed E-state index contributed by atoms with van der Waals surface area (Å²) in [6, 6.07) is 15.2. The topological polar surface area (TPSA) is 101 Å². The molecule has 1 aliphatic heterocycles. The summed E-state index contributed by atoms with van der Waals surface area (Å²) >= 11 is 0. The molecule has 0 bridgehead atoms. The number of carbonyl (C=O) groups excluding carboxylic acids is 2. The molecule has 2 aromatic carbocycles. The van der Waals surface area contributed by atoms with Crippen molar-refractivity contribution >= 4 is 11.8 Å². The monoisotopic (exact) mass is 521 g/mol. The molecule has 3 aromatic rings. The van der Waals surface area contributed by atoms with E-state index in [0.717, 1.165) is 5.56 Å². The van der Waals surface area contributed by atoms with Crippen molar-refractivity contribution in [2.24, 2.45) is 0 Å². The van der Waals surface area contributed by atoms with E-state index in [4.69, 9.17) is 14.0 Å². The summed E-state index contributed by atoms with van der Waals surface area (Å²) in [5, 5.41) is 4.10. The van der Waals surface area contributed by atoms with Gasteiger partial charge < -0.3 is 23.8 Å². The van der Waals surface area contributed by atoms with Crippen LogP contribution in [0, 0.1) is 0 Å². The maximum absolute atomic E-state index is 13.1. The highest BCUT2D eigenvalue weighted by Gasteiger charge is 2.25. The second kappa shape index (κ2) is 13.0. The van der Waals surface area contributed by atoms with E-state index in [1.807, 2.05) is 47.1 Å². The van der Waals surface area contributed by atoms with E-state index >= 15 is 0 Å². The fraction of sp³-hybridized carbons (Fsp3) is 0.429. The average Bonchev–Trinajstić information content (AvgIpc) is 3.41. The SMILES string of the molecule is CCN(Cc1ccccc1)C(=O)CCc1nc(CN2CCN(C(=O)c3ccc(OC)cc3OC)CC2)no1. The second-order valence-corrected chi connectivity index (χ2v) is 9.13. The molecule has 0 spiro atoms. The van der Waals surface area contributed by atoms with Crippen LogP contribution in [0.4, 0.5) is 0 Å². The molecule has 1 fully saturated rings. The Morgan fingerprint density at radius 2 is 1.79 bits per heavy atom. The van der Waals surface area contributed by atoms with Crippen LogP contribution in [-0.4, -0.2) is 83.6 Å². The zero-order valence-electron chi connectivity index (χ0n) is 22.3. The Bertz CT molecular complexity index is 1210. The highest BCUT2D eigenvalue weighted by Crippen LogP contribution is 2.26. The fourth-order valence-electron chi connectivity index (χ4n) is 4.46. The van der Waals surface area contributed by atoms with Gasteiger partial charge in [0.2, 0.25) is 11.8 Å². The normalized spacial score (nSPS) is 13.8. The number of aryl methyl sites for hydroxylation is 1. The minimum absolute atomic E-state index is 0.0605. The lowest BCUT2D eigenvalue weighted by atomic mass is 10.1. The Labute approximate surface area is 223 Å². The number of nitrogens with zero attached hydrogens (tertiary/aromatic N) is 5. The molecule has 1 aliphatic rings. The molecule has 1 aromatic heterocycles. The van der Waals surface area contributed by atoms with Gasteiger partial charge in [-0.25, -0.2) is 0 Å². The summed E-state index contributed by atoms with van der Waals surface area (Å²) in [5.74, 6) is 2.18. The summed E-state index contributed by atoms with van der Waals surface area (Å²) in [7, 11) is 3.12. The van der Waals surface area contributed by atoms with Crippen LogP contribution in [0.5, 0.6) is 11.5 Å². The van der Waals surface area contributed by atoms with Crippen LogP contribution in [0.25, 0.3) is 0 Å². The molecule has 2 amide bonds. The predicted molar refractivity (Wildman–Crippen MR) is 141 cm³/mol. The standard InChI is InChI=1S/C28H35N5O5/c1-4-32(19-21-8-6-5-7-9-21)27(34)13-12-26-29-25(30-38-26)20-31-14-16-33(17-15-31)28(35)23-11-10-22(36-2)18-24(23)37-3/h5-11,18H,4,12-17,19-20H2,1-3H3. The molecule has 10 nitrogen and oxygen atoms in total. The number of ether oxygens (including phenoxy) is 2. The molecule has 202 valence electrons. The first-order valence-corrected chi connectivity index (χ1v) is 12.9. The number of carbonyl (C=O) groups is 2. The molecule has 0 unspecified atom stereocenters. The van der Waals surface area contributed by atoms with E-state index in [1.54, 1.807) is 32.4 Å². The first-order chi connectivity index (χ1) is 18.5. The van der Waals surface area contributed by atoms with Gasteiger partial charge in [0.1, 0.15) is 11.5 Å². The molecule has 0 N–H and O–H groups in total. The molecule has 38 heavy (non-hydrogen) atoms. The quantitative estimate of drug-likeness (QED) is 0.380. The van der Waals surface area contributed by atoms with Crippen LogP contribution in [-0.2, 0) is 24.3 Å². The first-order valence-electron chi connectivity index (χ1n) is 12.9. The fourth-order valence-corrected chi connectivity index (χ4v) is 4.46. The summed E-state index contributed by atoms with van der Waals surface area (Å²) in [6.07, 6.45) is 0.723. The Kier molecular flexibility index (Phi) is 9.31. The van der Waals surface area contributed by atoms with Gasteiger partial charge in [0.25, 0.3) is 5.91 Å². The number of amides is 2. The van der Waals surface area contributed by atoms with Crippen LogP contribution in [0.3, 0.4) is 0 Å². The molecule has 4 rings (SSSR count). The van der Waals surface area contributed by atoms with Gasteiger partial charge in [-0.05, 0) is 24.6 Å². The largest absolute Gasteiger partial charge is 0.497 e. The lowest BCUT2D eigenvalue weighted by molar-refractivity contribution is -0.131. The number of piperazine rings is 1. The Balaban J connectivity index is 1.24. The first kappa shape index (κ1) is 27.1. The van der Waals surface area contributed by atoms with Gasteiger partial charge in [0.15, 0.2) is 5.82 Å². The van der Waals surface area contributed by atoms with Crippen LogP contribution >= 0.6 is 0 Å². The van der Waals surface area contributed by atoms with E-state index in [9.17, 15) is 9.59 Å². The van der Waals surface area contributed by atoms with Gasteiger partial charge in [-0.1, -0.05) is 35.5 Å². The molecule has 0 aliphatic carbocycles. The second-order valence-electron chi connectivity index (χ2n) is 9.13. The van der Waals surface area contributed by atoms with Crippen molar-refractivity contribution in [3.63, 3.8) is 0 Å². The number of benzene rings is 2. The van der Waals surface area contributed by atoms with Crippen molar-refractivity contribution in [2.75, 3.05) is 46.9 Å². The molecule has 0 saturated carbocycles. The van der Waals surface area contributed by atoms with Gasteiger partial charge >= 0.3 is 0 Å². The Morgan fingerprint density at radius 1 is 1.03 bits per heavy atom. The summed E-state index contributed by atoms with van der Waals surface area (Å²) < 4.78 is 16.0. The number of methoxy groups -OCH3 is 2. The third kappa shape index (κ3) is 6.89. The lowest BCUT2D eigenvalue weighted by Gasteiger charge is -2.34. The smallest absolute Gasteiger partial charge is 0.257 e. The minimum Gasteiger partial charge on any atom is -0.497 e. The highest BCUT2D eigenvalue weighted by molar-refractivity contribution is 5.97. The summed E-state index contributed by atoms with van der Waals surface area (Å²) in [4.78, 5) is 36.1. The maximum atomic E-state index is 13.1. The summed E-state index contributed by atoms with van der Waals surface area (Å²) in [6.45, 7) is 6.29. The Morgan fingerprint density at radius 3 is 2.47 bits per heavy atom. The van der Waals surface area contributed by atoms with Crippen LogP contribution in [0.2, 0.25) is 0 Å². The number of aromatic nitrogens is 2. The van der Waals surface area contributed by atoms with Gasteiger partial charge in [-0.15, -0.1) is 0 Å². The number of hydrogen-bond acceptors (Lipinski definition) is 8. The van der Waals surface area contributed by atoms with E-state index in [1.165, 1.54) is 0 Å². The van der Waals surface area contributed by atoms with E-state index in [-0.39, 0.29) is 11.8 Å². The van der Waals surface area contributed by atoms with E-state index < -0.39 is 0 Å². The van der Waals surface area contributed by atoms with Crippen molar-refractivity contribution < 1.29 is 23.6 Å². The molecular formula is C28H35N5O5. The number of rotatable bonds is 11. The molecule has 0 radical (unpaired) electrons. The van der Waals surface area contributed by atoms with Crippen LogP contribution in [0.1, 0.15) is 41.0 Å². The highest BCUT2D eigenvalue weighted by atomic mass is 16.5. The lowest BCUT2D eigenvalue weighted by Crippen LogP contribution is -2.48. The van der Waals surface area contributed by atoms with Crippen LogP contribution < -0.4 is 9.47 Å². The van der Waals surface area contributed by atoms with Gasteiger partial charge in [-0.3, -0.25) is 14.5 Å². The third-order valence-electron chi connectivity index (χ3n) is 6.68. The van der Waals surface area contributed by atoms with Crippen molar-refractivity contribution in [3.05, 3.63) is 71.4 Å². The van der Waals surface area contributed by atoms with Crippen molar-refractivity contribution in [1.29, 1.82) is 0 Å². The van der Waals surface area contributed by atoms with E-state index in [2.05, 4.69) is 15.0 Å². The van der Waals surface area contributed by atoms with Crippen molar-refractivity contribution in [3.8, 4) is 11.5 Å².